The van der Waals surface area contributed by atoms with Crippen molar-refractivity contribution in [2.45, 2.75) is 45.6 Å². The zero-order chi connectivity index (χ0) is 17.5. The summed E-state index contributed by atoms with van der Waals surface area (Å²) in [5.74, 6) is -0.492. The van der Waals surface area contributed by atoms with Crippen LogP contribution in [0.25, 0.3) is 0 Å². The van der Waals surface area contributed by atoms with Crippen LogP contribution in [0.1, 0.15) is 50.0 Å². The molecule has 0 amide bonds. The molecule has 4 heteroatoms. The van der Waals surface area contributed by atoms with E-state index in [1.54, 1.807) is 13.0 Å². The Kier molecular flexibility index (Phi) is 7.17. The van der Waals surface area contributed by atoms with Gasteiger partial charge in [-0.2, -0.15) is 0 Å². The molecule has 1 rings (SSSR count). The highest BCUT2D eigenvalue weighted by Crippen LogP contribution is 2.22. The van der Waals surface area contributed by atoms with Crippen LogP contribution in [-0.2, 0) is 14.9 Å². The molecule has 23 heavy (non-hydrogen) atoms. The normalized spacial score (nSPS) is 12.5. The van der Waals surface area contributed by atoms with Crippen molar-refractivity contribution in [1.82, 2.24) is 5.32 Å². The molecule has 0 radical (unpaired) electrons. The van der Waals surface area contributed by atoms with Gasteiger partial charge in [0.2, 0.25) is 0 Å². The molecule has 4 nitrogen and oxygen atoms in total. The fraction of sp³-hybridized carbons (Fsp3) is 0.474. The Morgan fingerprint density at radius 1 is 1.26 bits per heavy atom. The van der Waals surface area contributed by atoms with Gasteiger partial charge in [-0.1, -0.05) is 51.1 Å². The van der Waals surface area contributed by atoms with E-state index in [-0.39, 0.29) is 23.6 Å². The summed E-state index contributed by atoms with van der Waals surface area (Å²) in [6.45, 7) is 12.5. The van der Waals surface area contributed by atoms with Gasteiger partial charge in [-0.25, -0.2) is 0 Å². The lowest BCUT2D eigenvalue weighted by molar-refractivity contribution is -0.143. The van der Waals surface area contributed by atoms with Crippen molar-refractivity contribution in [3.8, 4) is 0 Å². The average Bonchev–Trinajstić information content (AvgIpc) is 2.50. The van der Waals surface area contributed by atoms with Crippen LogP contribution in [0, 0.1) is 0 Å². The molecule has 0 saturated carbocycles. The lowest BCUT2D eigenvalue weighted by Crippen LogP contribution is -2.39. The molecule has 1 unspecified atom stereocenters. The van der Waals surface area contributed by atoms with Gasteiger partial charge in [-0.3, -0.25) is 9.59 Å². The SMILES string of the molecule is C=CCNC(CC(=O)OCC)C(=O)c1ccc(C(C)(C)C)cc1. The number of nitrogens with one attached hydrogen (secondary N) is 1. The van der Waals surface area contributed by atoms with Gasteiger partial charge in [0.05, 0.1) is 19.1 Å². The smallest absolute Gasteiger partial charge is 0.307 e. The topological polar surface area (TPSA) is 55.4 Å². The first kappa shape index (κ1) is 19.1. The molecule has 0 aliphatic carbocycles. The van der Waals surface area contributed by atoms with Gasteiger partial charge >= 0.3 is 5.97 Å². The van der Waals surface area contributed by atoms with E-state index in [4.69, 9.17) is 4.74 Å². The van der Waals surface area contributed by atoms with E-state index in [0.717, 1.165) is 5.56 Å². The van der Waals surface area contributed by atoms with Crippen molar-refractivity contribution >= 4 is 11.8 Å². The monoisotopic (exact) mass is 317 g/mol. The molecule has 0 aliphatic rings. The maximum Gasteiger partial charge on any atom is 0.307 e. The number of ketones is 1. The molecule has 0 aliphatic heterocycles. The lowest BCUT2D eigenvalue weighted by Gasteiger charge is -2.20. The van der Waals surface area contributed by atoms with Gasteiger partial charge in [0.25, 0.3) is 0 Å². The number of carbonyl (C=O) groups excluding carboxylic acids is 2. The maximum atomic E-state index is 12.6. The molecule has 0 fully saturated rings. The zero-order valence-electron chi connectivity index (χ0n) is 14.5. The van der Waals surface area contributed by atoms with Gasteiger partial charge in [0, 0.05) is 12.1 Å². The van der Waals surface area contributed by atoms with Crippen LogP contribution >= 0.6 is 0 Å². The first-order chi connectivity index (χ1) is 10.8. The Morgan fingerprint density at radius 2 is 1.87 bits per heavy atom. The molecule has 0 bridgehead atoms. The summed E-state index contributed by atoms with van der Waals surface area (Å²) in [5.41, 5.74) is 1.78. The molecule has 1 N–H and O–H groups in total. The minimum atomic E-state index is -0.604. The van der Waals surface area contributed by atoms with Crippen LogP contribution in [0.3, 0.4) is 0 Å². The van der Waals surface area contributed by atoms with Gasteiger partial charge in [-0.05, 0) is 17.9 Å². The first-order valence-electron chi connectivity index (χ1n) is 7.94. The number of benzene rings is 1. The third-order valence-corrected chi connectivity index (χ3v) is 3.54. The zero-order valence-corrected chi connectivity index (χ0v) is 14.5. The first-order valence-corrected chi connectivity index (χ1v) is 7.94. The number of Topliss-reactive ketones (excluding diaryl/α,β-unsaturated/α-hetero) is 1. The van der Waals surface area contributed by atoms with E-state index in [2.05, 4.69) is 32.7 Å². The van der Waals surface area contributed by atoms with Crippen molar-refractivity contribution in [2.24, 2.45) is 0 Å². The highest BCUT2D eigenvalue weighted by molar-refractivity contribution is 6.01. The molecule has 0 heterocycles. The molecular weight excluding hydrogens is 290 g/mol. The number of hydrogen-bond acceptors (Lipinski definition) is 4. The maximum absolute atomic E-state index is 12.6. The van der Waals surface area contributed by atoms with Crippen LogP contribution < -0.4 is 5.32 Å². The Hall–Kier alpha value is -1.94. The summed E-state index contributed by atoms with van der Waals surface area (Å²) in [7, 11) is 0. The fourth-order valence-corrected chi connectivity index (χ4v) is 2.21. The molecule has 1 aromatic rings. The summed E-state index contributed by atoms with van der Waals surface area (Å²) in [4.78, 5) is 24.3. The summed E-state index contributed by atoms with van der Waals surface area (Å²) in [6, 6.07) is 6.95. The minimum Gasteiger partial charge on any atom is -0.466 e. The predicted octanol–water partition coefficient (Wildman–Crippen LogP) is 3.26. The van der Waals surface area contributed by atoms with Crippen LogP contribution in [0.5, 0.6) is 0 Å². The molecular formula is C19H27NO3. The molecule has 1 atom stereocenters. The molecule has 0 spiro atoms. The van der Waals surface area contributed by atoms with Gasteiger partial charge in [0.15, 0.2) is 5.78 Å². The summed E-state index contributed by atoms with van der Waals surface area (Å²) in [6.07, 6.45) is 1.68. The predicted molar refractivity (Wildman–Crippen MR) is 92.7 cm³/mol. The van der Waals surface area contributed by atoms with Crippen LogP contribution in [-0.4, -0.2) is 30.9 Å². The number of hydrogen-bond donors (Lipinski definition) is 1. The largest absolute Gasteiger partial charge is 0.466 e. The van der Waals surface area contributed by atoms with E-state index in [1.165, 1.54) is 0 Å². The Labute approximate surface area is 138 Å². The standard InChI is InChI=1S/C19H27NO3/c1-6-12-20-16(13-17(21)23-7-2)18(22)14-8-10-15(11-9-14)19(3,4)5/h6,8-11,16,20H,1,7,12-13H2,2-5H3. The van der Waals surface area contributed by atoms with Crippen LogP contribution in [0.2, 0.25) is 0 Å². The van der Waals surface area contributed by atoms with Crippen molar-refractivity contribution in [1.29, 1.82) is 0 Å². The quantitative estimate of drug-likeness (QED) is 0.454. The Balaban J connectivity index is 2.90. The number of ether oxygens (including phenoxy) is 1. The third kappa shape index (κ3) is 5.99. The minimum absolute atomic E-state index is 0.0154. The van der Waals surface area contributed by atoms with Crippen LogP contribution in [0.4, 0.5) is 0 Å². The Bertz CT molecular complexity index is 541. The van der Waals surface area contributed by atoms with Gasteiger partial charge in [0.1, 0.15) is 0 Å². The van der Waals surface area contributed by atoms with Crippen molar-refractivity contribution in [2.75, 3.05) is 13.2 Å². The van der Waals surface area contributed by atoms with E-state index in [0.29, 0.717) is 18.7 Å². The summed E-state index contributed by atoms with van der Waals surface area (Å²) in [5, 5.41) is 3.03. The molecule has 126 valence electrons. The highest BCUT2D eigenvalue weighted by atomic mass is 16.5. The van der Waals surface area contributed by atoms with Gasteiger partial charge < -0.3 is 10.1 Å². The third-order valence-electron chi connectivity index (χ3n) is 3.54. The number of esters is 1. The second kappa shape index (κ2) is 8.63. The van der Waals surface area contributed by atoms with Crippen molar-refractivity contribution < 1.29 is 14.3 Å². The second-order valence-corrected chi connectivity index (χ2v) is 6.45. The Morgan fingerprint density at radius 3 is 2.35 bits per heavy atom. The highest BCUT2D eigenvalue weighted by Gasteiger charge is 2.23. The van der Waals surface area contributed by atoms with E-state index in [9.17, 15) is 9.59 Å². The summed E-state index contributed by atoms with van der Waals surface area (Å²) < 4.78 is 4.95. The van der Waals surface area contributed by atoms with Crippen molar-refractivity contribution in [3.63, 3.8) is 0 Å². The van der Waals surface area contributed by atoms with Crippen molar-refractivity contribution in [3.05, 3.63) is 48.0 Å². The van der Waals surface area contributed by atoms with Crippen LogP contribution in [0.15, 0.2) is 36.9 Å². The average molecular weight is 317 g/mol. The fourth-order valence-electron chi connectivity index (χ4n) is 2.21. The second-order valence-electron chi connectivity index (χ2n) is 6.45. The molecule has 1 aromatic carbocycles. The summed E-state index contributed by atoms with van der Waals surface area (Å²) >= 11 is 0. The van der Waals surface area contributed by atoms with E-state index in [1.807, 2.05) is 24.3 Å². The molecule has 0 saturated heterocycles. The molecule has 0 aromatic heterocycles. The van der Waals surface area contributed by atoms with Gasteiger partial charge in [-0.15, -0.1) is 6.58 Å². The number of carbonyl (C=O) groups is 2. The van der Waals surface area contributed by atoms with E-state index >= 15 is 0 Å². The lowest BCUT2D eigenvalue weighted by atomic mass is 9.86. The van der Waals surface area contributed by atoms with E-state index < -0.39 is 6.04 Å². The number of rotatable bonds is 8.